The van der Waals surface area contributed by atoms with Gasteiger partial charge < -0.3 is 10.1 Å². The molecule has 0 unspecified atom stereocenters. The average Bonchev–Trinajstić information content (AvgIpc) is 2.29. The summed E-state index contributed by atoms with van der Waals surface area (Å²) in [5.74, 6) is -0.308. The molecule has 0 saturated carbocycles. The molecule has 1 N–H and O–H groups in total. The SMILES string of the molecule is Cc1cnc(Br)c(NC(=O)CCOCC(F)F)c1. The summed E-state index contributed by atoms with van der Waals surface area (Å²) in [5.41, 5.74) is 1.45. The molecule has 4 nitrogen and oxygen atoms in total. The smallest absolute Gasteiger partial charge is 0.261 e. The number of amides is 1. The fourth-order valence-electron chi connectivity index (χ4n) is 1.19. The molecule has 0 radical (unpaired) electrons. The summed E-state index contributed by atoms with van der Waals surface area (Å²) in [6.07, 6.45) is -0.832. The molecule has 0 aliphatic rings. The normalized spacial score (nSPS) is 10.7. The topological polar surface area (TPSA) is 51.2 Å². The highest BCUT2D eigenvalue weighted by Crippen LogP contribution is 2.20. The lowest BCUT2D eigenvalue weighted by molar-refractivity contribution is -0.117. The number of nitrogens with zero attached hydrogens (tertiary/aromatic N) is 1. The van der Waals surface area contributed by atoms with Crippen molar-refractivity contribution in [3.63, 3.8) is 0 Å². The van der Waals surface area contributed by atoms with E-state index < -0.39 is 13.0 Å². The minimum absolute atomic E-state index is 0.0209. The van der Waals surface area contributed by atoms with E-state index in [0.29, 0.717) is 10.3 Å². The Bertz CT molecular complexity index is 416. The van der Waals surface area contributed by atoms with Gasteiger partial charge in [0.25, 0.3) is 6.43 Å². The molecule has 0 aromatic carbocycles. The van der Waals surface area contributed by atoms with E-state index in [2.05, 4.69) is 31.0 Å². The Morgan fingerprint density at radius 1 is 1.61 bits per heavy atom. The van der Waals surface area contributed by atoms with Crippen molar-refractivity contribution in [1.29, 1.82) is 0 Å². The van der Waals surface area contributed by atoms with Gasteiger partial charge in [-0.05, 0) is 34.5 Å². The number of halogens is 3. The second-order valence-electron chi connectivity index (χ2n) is 3.62. The van der Waals surface area contributed by atoms with Gasteiger partial charge in [0.2, 0.25) is 5.91 Å². The number of aromatic nitrogens is 1. The van der Waals surface area contributed by atoms with Crippen LogP contribution in [0.25, 0.3) is 0 Å². The molecule has 1 aromatic heterocycles. The van der Waals surface area contributed by atoms with E-state index in [-0.39, 0.29) is 18.9 Å². The lowest BCUT2D eigenvalue weighted by atomic mass is 10.3. The molecule has 100 valence electrons. The molecule has 1 heterocycles. The molecule has 18 heavy (non-hydrogen) atoms. The van der Waals surface area contributed by atoms with Crippen molar-refractivity contribution in [3.05, 3.63) is 22.4 Å². The Balaban J connectivity index is 2.38. The highest BCUT2D eigenvalue weighted by molar-refractivity contribution is 9.10. The Labute approximate surface area is 112 Å². The van der Waals surface area contributed by atoms with Crippen LogP contribution < -0.4 is 5.32 Å². The van der Waals surface area contributed by atoms with Gasteiger partial charge >= 0.3 is 0 Å². The Hall–Kier alpha value is -1.08. The van der Waals surface area contributed by atoms with E-state index in [1.54, 1.807) is 12.3 Å². The van der Waals surface area contributed by atoms with Crippen molar-refractivity contribution in [1.82, 2.24) is 4.98 Å². The third-order valence-corrected chi connectivity index (χ3v) is 2.60. The second kappa shape index (κ2) is 7.38. The Morgan fingerprint density at radius 3 is 3.00 bits per heavy atom. The predicted molar refractivity (Wildman–Crippen MR) is 66.7 cm³/mol. The third kappa shape index (κ3) is 5.50. The van der Waals surface area contributed by atoms with Crippen LogP contribution in [0, 0.1) is 6.92 Å². The average molecular weight is 323 g/mol. The summed E-state index contributed by atoms with van der Waals surface area (Å²) in [4.78, 5) is 15.5. The summed E-state index contributed by atoms with van der Waals surface area (Å²) in [7, 11) is 0. The summed E-state index contributed by atoms with van der Waals surface area (Å²) in [6.45, 7) is 1.16. The van der Waals surface area contributed by atoms with E-state index >= 15 is 0 Å². The first kappa shape index (κ1) is 15.0. The van der Waals surface area contributed by atoms with Crippen LogP contribution in [0.4, 0.5) is 14.5 Å². The summed E-state index contributed by atoms with van der Waals surface area (Å²) in [5, 5.41) is 2.62. The molecule has 0 saturated heterocycles. The minimum Gasteiger partial charge on any atom is -0.375 e. The predicted octanol–water partition coefficient (Wildman–Crippen LogP) is 2.76. The lowest BCUT2D eigenvalue weighted by Crippen LogP contribution is -2.16. The summed E-state index contributed by atoms with van der Waals surface area (Å²) < 4.78 is 28.7. The largest absolute Gasteiger partial charge is 0.375 e. The number of pyridine rings is 1. The number of alkyl halides is 2. The van der Waals surface area contributed by atoms with Crippen LogP contribution in [0.15, 0.2) is 16.9 Å². The number of rotatable bonds is 6. The van der Waals surface area contributed by atoms with Gasteiger partial charge in [-0.1, -0.05) is 0 Å². The van der Waals surface area contributed by atoms with Gasteiger partial charge in [0, 0.05) is 6.20 Å². The molecule has 0 fully saturated rings. The van der Waals surface area contributed by atoms with Gasteiger partial charge in [-0.15, -0.1) is 0 Å². The van der Waals surface area contributed by atoms with E-state index in [1.165, 1.54) is 0 Å². The number of carbonyl (C=O) groups excluding carboxylic acids is 1. The Kier molecular flexibility index (Phi) is 6.14. The molecule has 1 amide bonds. The molecule has 0 aliphatic carbocycles. The zero-order valence-electron chi connectivity index (χ0n) is 9.75. The molecule has 1 aromatic rings. The van der Waals surface area contributed by atoms with E-state index in [9.17, 15) is 13.6 Å². The van der Waals surface area contributed by atoms with Crippen molar-refractivity contribution < 1.29 is 18.3 Å². The molecular formula is C11H13BrF2N2O2. The number of hydrogen-bond donors (Lipinski definition) is 1. The number of nitrogens with one attached hydrogen (secondary N) is 1. The molecule has 0 aliphatic heterocycles. The third-order valence-electron chi connectivity index (χ3n) is 1.97. The van der Waals surface area contributed by atoms with Crippen molar-refractivity contribution in [3.8, 4) is 0 Å². The van der Waals surface area contributed by atoms with E-state index in [4.69, 9.17) is 0 Å². The maximum Gasteiger partial charge on any atom is 0.261 e. The maximum absolute atomic E-state index is 11.8. The first-order valence-electron chi connectivity index (χ1n) is 5.27. The first-order chi connectivity index (χ1) is 8.49. The molecule has 0 bridgehead atoms. The van der Waals surface area contributed by atoms with Crippen molar-refractivity contribution in [2.45, 2.75) is 19.8 Å². The fraction of sp³-hybridized carbons (Fsp3) is 0.455. The molecule has 7 heteroatoms. The lowest BCUT2D eigenvalue weighted by Gasteiger charge is -2.08. The van der Waals surface area contributed by atoms with Crippen molar-refractivity contribution in [2.75, 3.05) is 18.5 Å². The van der Waals surface area contributed by atoms with E-state index in [0.717, 1.165) is 5.56 Å². The Morgan fingerprint density at radius 2 is 2.33 bits per heavy atom. The number of ether oxygens (including phenoxy) is 1. The van der Waals surface area contributed by atoms with Crippen LogP contribution in [0.5, 0.6) is 0 Å². The van der Waals surface area contributed by atoms with E-state index in [1.807, 2.05) is 6.92 Å². The van der Waals surface area contributed by atoms with Gasteiger partial charge in [-0.3, -0.25) is 4.79 Å². The minimum atomic E-state index is -2.51. The van der Waals surface area contributed by atoms with Crippen LogP contribution in [0.1, 0.15) is 12.0 Å². The fourth-order valence-corrected chi connectivity index (χ4v) is 1.51. The van der Waals surface area contributed by atoms with Gasteiger partial charge in [0.05, 0.1) is 18.7 Å². The van der Waals surface area contributed by atoms with Gasteiger partial charge in [-0.25, -0.2) is 13.8 Å². The maximum atomic E-state index is 11.8. The highest BCUT2D eigenvalue weighted by Gasteiger charge is 2.08. The second-order valence-corrected chi connectivity index (χ2v) is 4.37. The zero-order valence-corrected chi connectivity index (χ0v) is 11.3. The van der Waals surface area contributed by atoms with Crippen LogP contribution in [-0.2, 0) is 9.53 Å². The zero-order chi connectivity index (χ0) is 13.5. The van der Waals surface area contributed by atoms with Gasteiger partial charge in [0.15, 0.2) is 0 Å². The number of hydrogen-bond acceptors (Lipinski definition) is 3. The van der Waals surface area contributed by atoms with Gasteiger partial charge in [-0.2, -0.15) is 0 Å². The number of anilines is 1. The van der Waals surface area contributed by atoms with Crippen molar-refractivity contribution >= 4 is 27.5 Å². The number of carbonyl (C=O) groups is 1. The van der Waals surface area contributed by atoms with Crippen LogP contribution >= 0.6 is 15.9 Å². The number of aryl methyl sites for hydroxylation is 1. The summed E-state index contributed by atoms with van der Waals surface area (Å²) >= 11 is 3.20. The molecule has 0 spiro atoms. The monoisotopic (exact) mass is 322 g/mol. The molecule has 0 atom stereocenters. The molecule has 1 rings (SSSR count). The standard InChI is InChI=1S/C11H13BrF2N2O2/c1-7-4-8(11(12)15-5-7)16-10(17)2-3-18-6-9(13)14/h4-5,9H,2-3,6H2,1H3,(H,16,17). The first-order valence-corrected chi connectivity index (χ1v) is 6.06. The van der Waals surface area contributed by atoms with Crippen LogP contribution in [0.2, 0.25) is 0 Å². The summed E-state index contributed by atoms with van der Waals surface area (Å²) in [6, 6.07) is 1.76. The highest BCUT2D eigenvalue weighted by atomic mass is 79.9. The quantitative estimate of drug-likeness (QED) is 0.647. The van der Waals surface area contributed by atoms with Gasteiger partial charge in [0.1, 0.15) is 11.2 Å². The molecular weight excluding hydrogens is 310 g/mol. The van der Waals surface area contributed by atoms with Crippen LogP contribution in [0.3, 0.4) is 0 Å². The van der Waals surface area contributed by atoms with Crippen molar-refractivity contribution in [2.24, 2.45) is 0 Å². The van der Waals surface area contributed by atoms with Crippen LogP contribution in [-0.4, -0.2) is 30.5 Å².